The number of oxazole rings is 1. The third-order valence-corrected chi connectivity index (χ3v) is 6.46. The zero-order chi connectivity index (χ0) is 24.0. The Kier molecular flexibility index (Phi) is 7.03. The fourth-order valence-electron chi connectivity index (χ4n) is 4.24. The summed E-state index contributed by atoms with van der Waals surface area (Å²) in [5.74, 6) is 2.32. The topological polar surface area (TPSA) is 87.5 Å². The van der Waals surface area contributed by atoms with Crippen molar-refractivity contribution >= 4 is 17.5 Å². The Bertz CT molecular complexity index is 1290. The van der Waals surface area contributed by atoms with Crippen LogP contribution in [0.25, 0.3) is 11.5 Å². The van der Waals surface area contributed by atoms with Crippen LogP contribution in [0.1, 0.15) is 35.9 Å². The van der Waals surface area contributed by atoms with E-state index in [-0.39, 0.29) is 11.7 Å². The summed E-state index contributed by atoms with van der Waals surface area (Å²) in [5, 5.41) is 13.6. The Morgan fingerprint density at radius 3 is 2.60 bits per heavy atom. The van der Waals surface area contributed by atoms with Gasteiger partial charge in [0.05, 0.1) is 12.3 Å². The predicted octanol–water partition coefficient (Wildman–Crippen LogP) is 6.29. The van der Waals surface area contributed by atoms with Gasteiger partial charge in [-0.05, 0) is 68.4 Å². The van der Waals surface area contributed by atoms with Gasteiger partial charge in [-0.3, -0.25) is 4.90 Å². The molecule has 1 atom stereocenters. The van der Waals surface area contributed by atoms with E-state index in [0.29, 0.717) is 35.7 Å². The number of ether oxygens (including phenoxy) is 1. The van der Waals surface area contributed by atoms with Crippen molar-refractivity contribution in [3.05, 3.63) is 89.0 Å². The van der Waals surface area contributed by atoms with Crippen LogP contribution in [0, 0.1) is 11.3 Å². The fraction of sp³-hybridized carbons (Fsp3) is 0.259. The molecule has 0 spiro atoms. The predicted molar refractivity (Wildman–Crippen MR) is 133 cm³/mol. The normalized spacial score (nSPS) is 14.5. The third-order valence-electron chi connectivity index (χ3n) is 6.10. The number of furan rings is 1. The summed E-state index contributed by atoms with van der Waals surface area (Å²) in [4.78, 5) is 6.77. The van der Waals surface area contributed by atoms with Gasteiger partial charge in [-0.2, -0.15) is 10.2 Å². The summed E-state index contributed by atoms with van der Waals surface area (Å²) in [6.45, 7) is 2.96. The summed E-state index contributed by atoms with van der Waals surface area (Å²) in [7, 11) is 0. The van der Waals surface area contributed by atoms with Crippen molar-refractivity contribution in [1.82, 2.24) is 9.88 Å². The molecule has 0 amide bonds. The second-order valence-electron chi connectivity index (χ2n) is 8.37. The van der Waals surface area contributed by atoms with E-state index in [1.54, 1.807) is 6.26 Å². The Labute approximate surface area is 208 Å². The molecule has 178 valence electrons. The van der Waals surface area contributed by atoms with Crippen molar-refractivity contribution in [2.24, 2.45) is 0 Å². The highest BCUT2D eigenvalue weighted by Gasteiger charge is 2.26. The van der Waals surface area contributed by atoms with Gasteiger partial charge in [-0.15, -0.1) is 0 Å². The number of hydrogen-bond acceptors (Lipinski definition) is 7. The monoisotopic (exact) mass is 488 g/mol. The van der Waals surface area contributed by atoms with Crippen LogP contribution in [0.4, 0.5) is 5.88 Å². The largest absolute Gasteiger partial charge is 0.489 e. The Hall–Kier alpha value is -3.73. The minimum Gasteiger partial charge on any atom is -0.489 e. The first-order valence-electron chi connectivity index (χ1n) is 11.6. The van der Waals surface area contributed by atoms with Crippen molar-refractivity contribution in [3.63, 3.8) is 0 Å². The van der Waals surface area contributed by atoms with E-state index in [2.05, 4.69) is 21.3 Å². The molecule has 0 radical (unpaired) electrons. The molecule has 0 bridgehead atoms. The number of anilines is 1. The molecule has 5 rings (SSSR count). The van der Waals surface area contributed by atoms with E-state index in [1.165, 1.54) is 12.8 Å². The maximum atomic E-state index is 9.61. The average molecular weight is 489 g/mol. The highest BCUT2D eigenvalue weighted by atomic mass is 35.5. The molecular weight excluding hydrogens is 464 g/mol. The van der Waals surface area contributed by atoms with E-state index >= 15 is 0 Å². The van der Waals surface area contributed by atoms with Crippen molar-refractivity contribution in [1.29, 1.82) is 5.26 Å². The lowest BCUT2D eigenvalue weighted by Crippen LogP contribution is -2.30. The zero-order valence-corrected chi connectivity index (χ0v) is 19.9. The van der Waals surface area contributed by atoms with Crippen LogP contribution in [0.5, 0.6) is 5.75 Å². The molecule has 3 heterocycles. The van der Waals surface area contributed by atoms with Gasteiger partial charge in [0, 0.05) is 22.7 Å². The van der Waals surface area contributed by atoms with E-state index in [4.69, 9.17) is 25.2 Å². The summed E-state index contributed by atoms with van der Waals surface area (Å²) >= 11 is 6.20. The van der Waals surface area contributed by atoms with Crippen molar-refractivity contribution in [2.45, 2.75) is 25.5 Å². The van der Waals surface area contributed by atoms with E-state index in [9.17, 15) is 5.26 Å². The number of nitrogens with one attached hydrogen (secondary N) is 1. The summed E-state index contributed by atoms with van der Waals surface area (Å²) in [6, 6.07) is 21.0. The van der Waals surface area contributed by atoms with Gasteiger partial charge in [0.25, 0.3) is 0 Å². The van der Waals surface area contributed by atoms with Gasteiger partial charge < -0.3 is 18.9 Å². The van der Waals surface area contributed by atoms with Crippen molar-refractivity contribution in [2.75, 3.05) is 25.0 Å². The maximum absolute atomic E-state index is 9.61. The van der Waals surface area contributed by atoms with E-state index in [0.717, 1.165) is 30.0 Å². The summed E-state index contributed by atoms with van der Waals surface area (Å²) in [5.41, 5.74) is 1.89. The molecular formula is C27H25ClN4O3. The van der Waals surface area contributed by atoms with E-state index < -0.39 is 0 Å². The molecule has 35 heavy (non-hydrogen) atoms. The molecule has 1 N–H and O–H groups in total. The van der Waals surface area contributed by atoms with Crippen LogP contribution in [0.2, 0.25) is 5.02 Å². The lowest BCUT2D eigenvalue weighted by atomic mass is 10.2. The van der Waals surface area contributed by atoms with Gasteiger partial charge in [0.1, 0.15) is 24.2 Å². The number of hydrogen-bond donors (Lipinski definition) is 1. The number of nitriles is 1. The molecule has 7 nitrogen and oxygen atoms in total. The van der Waals surface area contributed by atoms with E-state index in [1.807, 2.05) is 60.7 Å². The smallest absolute Gasteiger partial charge is 0.232 e. The Balaban J connectivity index is 1.27. The molecule has 2 aromatic carbocycles. The highest BCUT2D eigenvalue weighted by molar-refractivity contribution is 6.31. The Morgan fingerprint density at radius 1 is 1.09 bits per heavy atom. The number of benzene rings is 2. The SMILES string of the molecule is N#Cc1nc(-c2ccc(OCc3ccccc3Cl)cc2)oc1NC[C@@H](c1ccco1)N1CCCC1. The van der Waals surface area contributed by atoms with Gasteiger partial charge in [0.2, 0.25) is 17.5 Å². The van der Waals surface area contributed by atoms with Gasteiger partial charge in [-0.1, -0.05) is 29.8 Å². The molecule has 0 saturated carbocycles. The fourth-order valence-corrected chi connectivity index (χ4v) is 4.43. The quantitative estimate of drug-likeness (QED) is 0.296. The first-order valence-corrected chi connectivity index (χ1v) is 12.0. The molecule has 8 heteroatoms. The minimum absolute atomic E-state index is 0.0575. The second-order valence-corrected chi connectivity index (χ2v) is 8.78. The first-order chi connectivity index (χ1) is 17.2. The van der Waals surface area contributed by atoms with Crippen LogP contribution in [0.15, 0.2) is 75.8 Å². The number of aromatic nitrogens is 1. The highest BCUT2D eigenvalue weighted by Crippen LogP contribution is 2.30. The second kappa shape index (κ2) is 10.7. The third kappa shape index (κ3) is 5.35. The zero-order valence-electron chi connectivity index (χ0n) is 19.1. The molecule has 4 aromatic rings. The van der Waals surface area contributed by atoms with Crippen LogP contribution in [-0.4, -0.2) is 29.5 Å². The number of halogens is 1. The lowest BCUT2D eigenvalue weighted by Gasteiger charge is -2.25. The van der Waals surface area contributed by atoms with Gasteiger partial charge in [0.15, 0.2) is 0 Å². The van der Waals surface area contributed by atoms with Crippen molar-refractivity contribution < 1.29 is 13.6 Å². The molecule has 1 aliphatic rings. The molecule has 1 fully saturated rings. The van der Waals surface area contributed by atoms with Crippen LogP contribution >= 0.6 is 11.6 Å². The van der Waals surface area contributed by atoms with Crippen LogP contribution in [0.3, 0.4) is 0 Å². The Morgan fingerprint density at radius 2 is 1.89 bits per heavy atom. The molecule has 0 unspecified atom stereocenters. The van der Waals surface area contributed by atoms with Gasteiger partial charge >= 0.3 is 0 Å². The lowest BCUT2D eigenvalue weighted by molar-refractivity contribution is 0.224. The standard InChI is InChI=1S/C27H25ClN4O3/c28-22-7-2-1-6-20(22)18-34-21-11-9-19(10-12-21)26-31-23(16-29)27(35-26)30-17-24(25-8-5-15-33-25)32-13-3-4-14-32/h1-2,5-12,15,24,30H,3-4,13-14,17-18H2/t24-/m0/s1. The minimum atomic E-state index is 0.0575. The maximum Gasteiger partial charge on any atom is 0.232 e. The molecule has 0 aliphatic carbocycles. The van der Waals surface area contributed by atoms with Crippen LogP contribution < -0.4 is 10.1 Å². The summed E-state index contributed by atoms with van der Waals surface area (Å²) in [6.07, 6.45) is 4.03. The molecule has 2 aromatic heterocycles. The molecule has 1 aliphatic heterocycles. The number of rotatable bonds is 9. The number of likely N-dealkylation sites (tertiary alicyclic amines) is 1. The first kappa shape index (κ1) is 23.0. The van der Waals surface area contributed by atoms with Gasteiger partial charge in [-0.25, -0.2) is 0 Å². The van der Waals surface area contributed by atoms with Crippen LogP contribution in [-0.2, 0) is 6.61 Å². The molecule has 1 saturated heterocycles. The van der Waals surface area contributed by atoms with Crippen molar-refractivity contribution in [3.8, 4) is 23.3 Å². The number of nitrogens with zero attached hydrogens (tertiary/aromatic N) is 3. The average Bonchev–Trinajstić information content (AvgIpc) is 3.67. The summed E-state index contributed by atoms with van der Waals surface area (Å²) < 4.78 is 17.5.